The van der Waals surface area contributed by atoms with Crippen LogP contribution in [0.5, 0.6) is 0 Å². The van der Waals surface area contributed by atoms with Gasteiger partial charge in [0.1, 0.15) is 0 Å². The molecule has 2 nitrogen and oxygen atoms in total. The zero-order valence-electron chi connectivity index (χ0n) is 5.09. The van der Waals surface area contributed by atoms with Crippen molar-refractivity contribution in [1.29, 1.82) is 0 Å². The van der Waals surface area contributed by atoms with Crippen LogP contribution in [0.15, 0.2) is 12.3 Å². The van der Waals surface area contributed by atoms with Crippen LogP contribution in [0.4, 0.5) is 0 Å². The molecule has 2 N–H and O–H groups in total. The Morgan fingerprint density at radius 1 is 2.00 bits per heavy atom. The normalized spacial score (nSPS) is 26.7. The van der Waals surface area contributed by atoms with Crippen molar-refractivity contribution in [2.24, 2.45) is 11.7 Å². The summed E-state index contributed by atoms with van der Waals surface area (Å²) in [5.74, 6) is 1.07. The van der Waals surface area contributed by atoms with E-state index in [2.05, 4.69) is 6.58 Å². The first-order valence-corrected chi connectivity index (χ1v) is 3.78. The van der Waals surface area contributed by atoms with Crippen LogP contribution in [0.1, 0.15) is 7.85 Å². The molecule has 0 aromatic carbocycles. The van der Waals surface area contributed by atoms with Gasteiger partial charge in [-0.1, -0.05) is 18.3 Å². The zero-order valence-corrected chi connectivity index (χ0v) is 5.91. The summed E-state index contributed by atoms with van der Waals surface area (Å²) in [5.41, 5.74) is 6.05. The van der Waals surface area contributed by atoms with Crippen LogP contribution in [0.25, 0.3) is 0 Å². The molecule has 52 valence electrons. The molecular weight excluding hydrogens is 134 g/mol. The van der Waals surface area contributed by atoms with Crippen molar-refractivity contribution in [1.82, 2.24) is 0 Å². The highest BCUT2D eigenvalue weighted by Crippen LogP contribution is 2.27. The lowest BCUT2D eigenvalue weighted by Gasteiger charge is -2.02. The van der Waals surface area contributed by atoms with Crippen LogP contribution in [-0.2, 0) is 4.79 Å². The molecule has 3 heteroatoms. The number of thioether (sulfide) groups is 1. The maximum atomic E-state index is 10.6. The molecule has 0 aliphatic carbocycles. The molecule has 0 bridgehead atoms. The summed E-state index contributed by atoms with van der Waals surface area (Å²) in [7, 11) is 0. The van der Waals surface area contributed by atoms with E-state index in [-0.39, 0.29) is 12.5 Å². The van der Waals surface area contributed by atoms with Crippen LogP contribution < -0.4 is 5.73 Å². The van der Waals surface area contributed by atoms with Gasteiger partial charge in [0, 0.05) is 25.2 Å². The summed E-state index contributed by atoms with van der Waals surface area (Å²) in [5, 5.41) is 0.242. The van der Waals surface area contributed by atoms with Crippen LogP contribution in [0, 0.1) is 5.92 Å². The number of allylic oxidation sites excluding steroid dienone is 1. The molecule has 1 aliphatic rings. The van der Waals surface area contributed by atoms with E-state index in [0.717, 1.165) is 5.75 Å². The van der Waals surface area contributed by atoms with Gasteiger partial charge < -0.3 is 5.73 Å². The van der Waals surface area contributed by atoms with Gasteiger partial charge in [-0.05, 0) is 0 Å². The Kier molecular flexibility index (Phi) is 1.81. The summed E-state index contributed by atoms with van der Waals surface area (Å²) < 4.78 is 0. The monoisotopic (exact) mass is 145 g/mol. The van der Waals surface area contributed by atoms with E-state index in [4.69, 9.17) is 5.73 Å². The molecule has 0 amide bonds. The van der Waals surface area contributed by atoms with Crippen molar-refractivity contribution in [3.05, 3.63) is 12.3 Å². The van der Waals surface area contributed by atoms with E-state index in [1.165, 1.54) is 11.8 Å². The summed E-state index contributed by atoms with van der Waals surface area (Å²) in [6.07, 6.45) is 0.583. The van der Waals surface area contributed by atoms with E-state index < -0.39 is 0 Å². The van der Waals surface area contributed by atoms with Gasteiger partial charge in [0.15, 0.2) is 5.12 Å². The Balaban J connectivity index is 0.000000810. The molecule has 1 rings (SSSR count). The highest BCUT2D eigenvalue weighted by Gasteiger charge is 2.23. The predicted octanol–water partition coefficient (Wildman–Crippen LogP) is 0.985. The summed E-state index contributed by atoms with van der Waals surface area (Å²) in [6.45, 7) is 3.58. The molecule has 1 fully saturated rings. The Hall–Kier alpha value is -0.440. The van der Waals surface area contributed by atoms with Crippen molar-refractivity contribution >= 4 is 16.9 Å². The maximum absolute atomic E-state index is 10.6. The van der Waals surface area contributed by atoms with Gasteiger partial charge in [-0.15, -0.1) is 0 Å². The first kappa shape index (κ1) is 6.68. The molecule has 1 atom stereocenters. The Morgan fingerprint density at radius 2 is 2.67 bits per heavy atom. The van der Waals surface area contributed by atoms with Gasteiger partial charge in [-0.25, -0.2) is 0 Å². The first-order valence-electron chi connectivity index (χ1n) is 2.80. The smallest absolute Gasteiger partial charge is 0.189 e. The van der Waals surface area contributed by atoms with Crippen molar-refractivity contribution in [2.75, 3.05) is 5.75 Å². The number of carbonyl (C=O) groups is 1. The number of carbonyl (C=O) groups excluding carboxylic acids is 1. The van der Waals surface area contributed by atoms with Crippen molar-refractivity contribution in [3.63, 3.8) is 0 Å². The number of rotatable bonds is 1. The van der Waals surface area contributed by atoms with E-state index in [9.17, 15) is 4.79 Å². The molecule has 9 heavy (non-hydrogen) atoms. The van der Waals surface area contributed by atoms with E-state index in [0.29, 0.717) is 12.1 Å². The highest BCUT2D eigenvalue weighted by molar-refractivity contribution is 8.14. The zero-order chi connectivity index (χ0) is 6.85. The molecule has 0 spiro atoms. The predicted molar refractivity (Wildman–Crippen MR) is 41.0 cm³/mol. The van der Waals surface area contributed by atoms with Crippen LogP contribution in [0.2, 0.25) is 0 Å². The lowest BCUT2D eigenvalue weighted by Crippen LogP contribution is -2.09. The SMILES string of the molecule is C=C(N)[C@H]1CSC(=O)C1.[HH]. The molecule has 0 aromatic heterocycles. The van der Waals surface area contributed by atoms with Crippen molar-refractivity contribution < 1.29 is 6.22 Å². The Labute approximate surface area is 60.0 Å². The van der Waals surface area contributed by atoms with Gasteiger partial charge in [0.2, 0.25) is 0 Å². The largest absolute Gasteiger partial charge is 0.402 e. The summed E-state index contributed by atoms with van der Waals surface area (Å²) in [4.78, 5) is 10.6. The van der Waals surface area contributed by atoms with E-state index >= 15 is 0 Å². The van der Waals surface area contributed by atoms with Crippen LogP contribution >= 0.6 is 11.8 Å². The fourth-order valence-electron chi connectivity index (χ4n) is 0.751. The molecule has 1 heterocycles. The maximum Gasteiger partial charge on any atom is 0.189 e. The quantitative estimate of drug-likeness (QED) is 0.598. The average molecular weight is 145 g/mol. The second-order valence-corrected chi connectivity index (χ2v) is 3.24. The molecule has 1 saturated heterocycles. The second-order valence-electron chi connectivity index (χ2n) is 2.16. The minimum atomic E-state index is 0. The van der Waals surface area contributed by atoms with Gasteiger partial charge >= 0.3 is 0 Å². The fraction of sp³-hybridized carbons (Fsp3) is 0.500. The molecular formula is C6H11NOS. The topological polar surface area (TPSA) is 43.1 Å². The minimum absolute atomic E-state index is 0. The number of hydrogen-bond donors (Lipinski definition) is 1. The average Bonchev–Trinajstić information content (AvgIpc) is 2.14. The molecule has 0 radical (unpaired) electrons. The summed E-state index contributed by atoms with van der Waals surface area (Å²) in [6, 6.07) is 0. The van der Waals surface area contributed by atoms with Crippen molar-refractivity contribution in [3.8, 4) is 0 Å². The first-order chi connectivity index (χ1) is 4.20. The van der Waals surface area contributed by atoms with E-state index in [1.54, 1.807) is 0 Å². The van der Waals surface area contributed by atoms with E-state index in [1.807, 2.05) is 0 Å². The number of nitrogens with two attached hydrogens (primary N) is 1. The Morgan fingerprint density at radius 3 is 2.89 bits per heavy atom. The third-order valence-corrected chi connectivity index (χ3v) is 2.44. The van der Waals surface area contributed by atoms with Crippen LogP contribution in [-0.4, -0.2) is 10.9 Å². The van der Waals surface area contributed by atoms with Gasteiger partial charge in [0.05, 0.1) is 0 Å². The van der Waals surface area contributed by atoms with Crippen LogP contribution in [0.3, 0.4) is 0 Å². The highest BCUT2D eigenvalue weighted by atomic mass is 32.2. The minimum Gasteiger partial charge on any atom is -0.402 e. The fourth-order valence-corrected chi connectivity index (χ4v) is 1.79. The van der Waals surface area contributed by atoms with Gasteiger partial charge in [0.25, 0.3) is 0 Å². The van der Waals surface area contributed by atoms with Crippen molar-refractivity contribution in [2.45, 2.75) is 6.42 Å². The molecule has 0 saturated carbocycles. The Bertz CT molecular complexity index is 160. The third-order valence-electron chi connectivity index (χ3n) is 1.38. The second kappa shape index (κ2) is 2.43. The van der Waals surface area contributed by atoms with Gasteiger partial charge in [-0.2, -0.15) is 0 Å². The molecule has 0 unspecified atom stereocenters. The lowest BCUT2D eigenvalue weighted by molar-refractivity contribution is -0.110. The number of hydrogen-bond acceptors (Lipinski definition) is 3. The molecule has 1 aliphatic heterocycles. The molecule has 0 aromatic rings. The standard InChI is InChI=1S/C6H9NOS.H2/c1-4(7)5-2-6(8)9-3-5;/h5H,1-3,7H2;1H/t5-;/m1./s1. The lowest BCUT2D eigenvalue weighted by atomic mass is 10.1. The third kappa shape index (κ3) is 1.48. The summed E-state index contributed by atoms with van der Waals surface area (Å²) >= 11 is 1.35. The van der Waals surface area contributed by atoms with Gasteiger partial charge in [-0.3, -0.25) is 4.79 Å².